The molecule has 0 radical (unpaired) electrons. The standard InChI is InChI=1S/C14H16N2O5/c1-21-12-10-13(18)15-5-3-2-4-8(6-15)16(10)7-9(11(12)17)14(19)20/h7-8H,2-6H2,1H3,(H,19,20)/t8-/m0/s1. The highest BCUT2D eigenvalue weighted by molar-refractivity contribution is 5.97. The van der Waals surface area contributed by atoms with Crippen LogP contribution in [0.15, 0.2) is 11.0 Å². The lowest BCUT2D eigenvalue weighted by Crippen LogP contribution is -2.44. The third-order valence-electron chi connectivity index (χ3n) is 4.16. The molecule has 1 amide bonds. The van der Waals surface area contributed by atoms with Crippen molar-refractivity contribution in [1.29, 1.82) is 0 Å². The summed E-state index contributed by atoms with van der Waals surface area (Å²) < 4.78 is 6.69. The molecule has 0 aromatic carbocycles. The molecule has 1 aromatic rings. The first-order valence-electron chi connectivity index (χ1n) is 6.90. The molecule has 112 valence electrons. The maximum atomic E-state index is 12.5. The van der Waals surface area contributed by atoms with Crippen LogP contribution >= 0.6 is 0 Å². The van der Waals surface area contributed by atoms with Gasteiger partial charge in [0.05, 0.1) is 13.2 Å². The van der Waals surface area contributed by atoms with Gasteiger partial charge in [-0.2, -0.15) is 0 Å². The zero-order valence-electron chi connectivity index (χ0n) is 11.7. The molecule has 1 N–H and O–H groups in total. The smallest absolute Gasteiger partial charge is 0.341 e. The molecule has 3 heterocycles. The predicted molar refractivity (Wildman–Crippen MR) is 73.0 cm³/mol. The zero-order valence-corrected chi connectivity index (χ0v) is 11.7. The number of carboxylic acid groups (broad SMARTS) is 1. The monoisotopic (exact) mass is 292 g/mol. The average Bonchev–Trinajstić information content (AvgIpc) is 2.68. The summed E-state index contributed by atoms with van der Waals surface area (Å²) >= 11 is 0. The number of carbonyl (C=O) groups is 2. The second-order valence-electron chi connectivity index (χ2n) is 5.37. The minimum absolute atomic E-state index is 0.00667. The molecule has 1 atom stereocenters. The number of aromatic carboxylic acids is 1. The molecule has 7 heteroatoms. The number of hydrogen-bond acceptors (Lipinski definition) is 4. The summed E-state index contributed by atoms with van der Waals surface area (Å²) in [7, 11) is 1.28. The fourth-order valence-electron chi connectivity index (χ4n) is 3.13. The summed E-state index contributed by atoms with van der Waals surface area (Å²) in [4.78, 5) is 37.7. The van der Waals surface area contributed by atoms with E-state index in [-0.39, 0.29) is 29.0 Å². The van der Waals surface area contributed by atoms with Crippen molar-refractivity contribution in [2.45, 2.75) is 25.3 Å². The van der Waals surface area contributed by atoms with E-state index in [9.17, 15) is 14.4 Å². The van der Waals surface area contributed by atoms with E-state index in [1.54, 1.807) is 9.47 Å². The van der Waals surface area contributed by atoms with Crippen LogP contribution in [0.5, 0.6) is 5.75 Å². The van der Waals surface area contributed by atoms with Gasteiger partial charge >= 0.3 is 5.97 Å². The van der Waals surface area contributed by atoms with Crippen molar-refractivity contribution in [3.63, 3.8) is 0 Å². The number of pyridine rings is 1. The number of ether oxygens (including phenoxy) is 1. The van der Waals surface area contributed by atoms with E-state index < -0.39 is 11.4 Å². The summed E-state index contributed by atoms with van der Waals surface area (Å²) in [6.45, 7) is 1.21. The van der Waals surface area contributed by atoms with Crippen LogP contribution in [0.25, 0.3) is 0 Å². The van der Waals surface area contributed by atoms with Crippen LogP contribution in [0.4, 0.5) is 0 Å². The van der Waals surface area contributed by atoms with E-state index in [1.807, 2.05) is 0 Å². The molecule has 3 rings (SSSR count). The van der Waals surface area contributed by atoms with Crippen molar-refractivity contribution in [3.8, 4) is 5.75 Å². The van der Waals surface area contributed by atoms with E-state index in [2.05, 4.69) is 0 Å². The minimum Gasteiger partial charge on any atom is -0.491 e. The lowest BCUT2D eigenvalue weighted by Gasteiger charge is -2.34. The molecule has 1 fully saturated rings. The first kappa shape index (κ1) is 13.7. The predicted octanol–water partition coefficient (Wildman–Crippen LogP) is 0.736. The Morgan fingerprint density at radius 1 is 1.38 bits per heavy atom. The normalized spacial score (nSPS) is 20.7. The molecule has 7 nitrogen and oxygen atoms in total. The van der Waals surface area contributed by atoms with Crippen LogP contribution in [0.3, 0.4) is 0 Å². The Kier molecular flexibility index (Phi) is 3.19. The maximum absolute atomic E-state index is 12.5. The van der Waals surface area contributed by atoms with E-state index in [0.29, 0.717) is 13.1 Å². The number of methoxy groups -OCH3 is 1. The van der Waals surface area contributed by atoms with Crippen molar-refractivity contribution >= 4 is 11.9 Å². The lowest BCUT2D eigenvalue weighted by molar-refractivity contribution is 0.0658. The second-order valence-corrected chi connectivity index (χ2v) is 5.37. The van der Waals surface area contributed by atoms with Gasteiger partial charge < -0.3 is 19.3 Å². The SMILES string of the molecule is COc1c2n(cc(C(=O)O)c1=O)[C@H]1CCCCN(C1)C2=O. The van der Waals surface area contributed by atoms with Crippen molar-refractivity contribution < 1.29 is 19.4 Å². The Balaban J connectivity index is 2.29. The third kappa shape index (κ3) is 2.00. The molecule has 1 aromatic heterocycles. The number of fused-ring (bicyclic) bond motifs is 4. The van der Waals surface area contributed by atoms with E-state index in [4.69, 9.17) is 9.84 Å². The van der Waals surface area contributed by atoms with Gasteiger partial charge in [-0.1, -0.05) is 0 Å². The number of amides is 1. The highest BCUT2D eigenvalue weighted by atomic mass is 16.5. The number of hydrogen-bond donors (Lipinski definition) is 1. The van der Waals surface area contributed by atoms with Crippen LogP contribution in [0.2, 0.25) is 0 Å². The number of nitrogens with zero attached hydrogens (tertiary/aromatic N) is 2. The Morgan fingerprint density at radius 2 is 2.14 bits per heavy atom. The van der Waals surface area contributed by atoms with Crippen LogP contribution in [-0.2, 0) is 0 Å². The molecule has 2 aliphatic rings. The first-order chi connectivity index (χ1) is 10.0. The largest absolute Gasteiger partial charge is 0.491 e. The molecule has 21 heavy (non-hydrogen) atoms. The Bertz CT molecular complexity index is 679. The summed E-state index contributed by atoms with van der Waals surface area (Å²) in [6, 6.07) is -0.00667. The highest BCUT2D eigenvalue weighted by Crippen LogP contribution is 2.32. The molecule has 0 aliphatic carbocycles. The fourth-order valence-corrected chi connectivity index (χ4v) is 3.13. The maximum Gasteiger partial charge on any atom is 0.341 e. The summed E-state index contributed by atoms with van der Waals surface area (Å²) in [5.74, 6) is -1.74. The first-order valence-corrected chi connectivity index (χ1v) is 6.90. The highest BCUT2D eigenvalue weighted by Gasteiger charge is 2.36. The van der Waals surface area contributed by atoms with E-state index in [1.165, 1.54) is 13.3 Å². The summed E-state index contributed by atoms with van der Waals surface area (Å²) in [5, 5.41) is 9.17. The molecule has 0 saturated carbocycles. The van der Waals surface area contributed by atoms with Crippen molar-refractivity contribution in [2.24, 2.45) is 0 Å². The average molecular weight is 292 g/mol. The van der Waals surface area contributed by atoms with Crippen molar-refractivity contribution in [3.05, 3.63) is 27.7 Å². The molecule has 0 unspecified atom stereocenters. The van der Waals surface area contributed by atoms with Crippen molar-refractivity contribution in [2.75, 3.05) is 20.2 Å². The topological polar surface area (TPSA) is 88.8 Å². The van der Waals surface area contributed by atoms with E-state index >= 15 is 0 Å². The van der Waals surface area contributed by atoms with Gasteiger partial charge in [0.15, 0.2) is 11.4 Å². The van der Waals surface area contributed by atoms with Gasteiger partial charge in [-0.25, -0.2) is 4.79 Å². The van der Waals surface area contributed by atoms with Gasteiger partial charge in [0, 0.05) is 19.3 Å². The minimum atomic E-state index is -1.31. The molecule has 2 aliphatic heterocycles. The van der Waals surface area contributed by atoms with Gasteiger partial charge in [-0.15, -0.1) is 0 Å². The Morgan fingerprint density at radius 3 is 2.81 bits per heavy atom. The van der Waals surface area contributed by atoms with Gasteiger partial charge in [0.25, 0.3) is 5.91 Å². The van der Waals surface area contributed by atoms with Gasteiger partial charge in [0.2, 0.25) is 5.43 Å². The quantitative estimate of drug-likeness (QED) is 0.868. The Labute approximate surface area is 120 Å². The summed E-state index contributed by atoms with van der Waals surface area (Å²) in [6.07, 6.45) is 4.01. The second kappa shape index (κ2) is 4.91. The molecule has 0 spiro atoms. The van der Waals surface area contributed by atoms with Gasteiger partial charge in [0.1, 0.15) is 5.56 Å². The van der Waals surface area contributed by atoms with Crippen LogP contribution < -0.4 is 10.2 Å². The number of carboxylic acids is 1. The van der Waals surface area contributed by atoms with Crippen LogP contribution in [0.1, 0.15) is 46.2 Å². The zero-order chi connectivity index (χ0) is 15.1. The number of rotatable bonds is 2. The number of carbonyl (C=O) groups excluding carboxylic acids is 1. The third-order valence-corrected chi connectivity index (χ3v) is 4.16. The lowest BCUT2D eigenvalue weighted by atomic mass is 10.1. The molecule has 2 bridgehead atoms. The van der Waals surface area contributed by atoms with Gasteiger partial charge in [-0.3, -0.25) is 9.59 Å². The van der Waals surface area contributed by atoms with Crippen LogP contribution in [-0.4, -0.2) is 46.6 Å². The van der Waals surface area contributed by atoms with E-state index in [0.717, 1.165) is 19.3 Å². The summed E-state index contributed by atoms with van der Waals surface area (Å²) in [5.41, 5.74) is -0.934. The fraction of sp³-hybridized carbons (Fsp3) is 0.500. The Hall–Kier alpha value is -2.31. The van der Waals surface area contributed by atoms with Crippen molar-refractivity contribution in [1.82, 2.24) is 9.47 Å². The number of aromatic nitrogens is 1. The molecular formula is C14H16N2O5. The van der Waals surface area contributed by atoms with Crippen LogP contribution in [0, 0.1) is 0 Å². The van der Waals surface area contributed by atoms with Gasteiger partial charge in [-0.05, 0) is 19.3 Å². The molecule has 1 saturated heterocycles. The molecular weight excluding hydrogens is 276 g/mol.